The van der Waals surface area contributed by atoms with Crippen LogP contribution in [-0.2, 0) is 25.7 Å². The zero-order valence-corrected chi connectivity index (χ0v) is 20.8. The van der Waals surface area contributed by atoms with E-state index in [4.69, 9.17) is 16.3 Å². The van der Waals surface area contributed by atoms with Crippen LogP contribution in [0.5, 0.6) is 0 Å². The molecule has 2 aromatic rings. The summed E-state index contributed by atoms with van der Waals surface area (Å²) in [5.41, 5.74) is 1.09. The number of carbonyl (C=O) groups excluding carboxylic acids is 1. The van der Waals surface area contributed by atoms with Crippen LogP contribution in [-0.4, -0.2) is 64.6 Å². The first-order valence-electron chi connectivity index (χ1n) is 10.5. The standard InChI is InChI=1S/C21H21ClF3N5O6S/c1-37(34,35)29(19-11-15(21(23,24)25)2-4-17(19)22)13-20(31)27-26-12-14-10-16(30(32)33)3-5-18(14)28-6-8-36-9-7-28/h2-5,10-12H,6-9,13H2,1H3,(H,27,31)/b26-12-. The smallest absolute Gasteiger partial charge is 0.378 e. The van der Waals surface area contributed by atoms with Gasteiger partial charge in [-0.3, -0.25) is 19.2 Å². The summed E-state index contributed by atoms with van der Waals surface area (Å²) in [5, 5.41) is 14.6. The maximum Gasteiger partial charge on any atom is 0.416 e. The average molecular weight is 564 g/mol. The summed E-state index contributed by atoms with van der Waals surface area (Å²) < 4.78 is 69.7. The molecule has 0 saturated carbocycles. The number of amides is 1. The minimum absolute atomic E-state index is 0.216. The van der Waals surface area contributed by atoms with Gasteiger partial charge in [-0.2, -0.15) is 18.3 Å². The number of halogens is 4. The van der Waals surface area contributed by atoms with E-state index >= 15 is 0 Å². The zero-order chi connectivity index (χ0) is 27.4. The number of benzene rings is 2. The van der Waals surface area contributed by atoms with Gasteiger partial charge in [0.15, 0.2) is 0 Å². The first-order chi connectivity index (χ1) is 17.3. The summed E-state index contributed by atoms with van der Waals surface area (Å²) in [6.45, 7) is 1.01. The molecule has 0 radical (unpaired) electrons. The third-order valence-corrected chi connectivity index (χ3v) is 6.64. The Kier molecular flexibility index (Phi) is 8.60. The second-order valence-corrected chi connectivity index (χ2v) is 10.1. The number of nitrogens with one attached hydrogen (secondary N) is 1. The molecule has 11 nitrogen and oxygen atoms in total. The lowest BCUT2D eigenvalue weighted by Gasteiger charge is -2.29. The number of nitro groups is 1. The van der Waals surface area contributed by atoms with Crippen molar-refractivity contribution in [3.8, 4) is 0 Å². The summed E-state index contributed by atoms with van der Waals surface area (Å²) in [4.78, 5) is 25.0. The van der Waals surface area contributed by atoms with Crippen molar-refractivity contribution in [3.63, 3.8) is 0 Å². The second kappa shape index (κ2) is 11.3. The molecule has 2 aromatic carbocycles. The first kappa shape index (κ1) is 28.1. The maximum absolute atomic E-state index is 13.1. The van der Waals surface area contributed by atoms with Crippen LogP contribution in [0.15, 0.2) is 41.5 Å². The summed E-state index contributed by atoms with van der Waals surface area (Å²) in [7, 11) is -4.24. The number of ether oxygens (including phenoxy) is 1. The molecule has 1 fully saturated rings. The number of morpholine rings is 1. The Morgan fingerprint density at radius 1 is 1.27 bits per heavy atom. The van der Waals surface area contributed by atoms with Crippen molar-refractivity contribution in [2.45, 2.75) is 6.18 Å². The Balaban J connectivity index is 1.83. The lowest BCUT2D eigenvalue weighted by molar-refractivity contribution is -0.384. The number of hydrogen-bond acceptors (Lipinski definition) is 8. The molecule has 16 heteroatoms. The molecule has 37 heavy (non-hydrogen) atoms. The summed E-state index contributed by atoms with van der Waals surface area (Å²) in [5.74, 6) is -0.992. The van der Waals surface area contributed by atoms with Crippen molar-refractivity contribution in [1.29, 1.82) is 0 Å². The van der Waals surface area contributed by atoms with Gasteiger partial charge in [-0.15, -0.1) is 0 Å². The molecule has 1 heterocycles. The van der Waals surface area contributed by atoms with Gasteiger partial charge in [-0.05, 0) is 24.3 Å². The third-order valence-electron chi connectivity index (χ3n) is 5.20. The number of carbonyl (C=O) groups is 1. The lowest BCUT2D eigenvalue weighted by atomic mass is 10.1. The normalized spacial score (nSPS) is 14.6. The molecule has 1 aliphatic rings. The van der Waals surface area contributed by atoms with E-state index in [1.165, 1.54) is 18.2 Å². The Bertz CT molecular complexity index is 1320. The number of alkyl halides is 3. The Hall–Kier alpha value is -3.43. The Morgan fingerprint density at radius 2 is 1.95 bits per heavy atom. The molecule has 0 spiro atoms. The molecular weight excluding hydrogens is 543 g/mol. The fraction of sp³-hybridized carbons (Fsp3) is 0.333. The summed E-state index contributed by atoms with van der Waals surface area (Å²) >= 11 is 5.94. The number of sulfonamides is 1. The van der Waals surface area contributed by atoms with Crippen LogP contribution < -0.4 is 14.6 Å². The highest BCUT2D eigenvalue weighted by molar-refractivity contribution is 7.92. The molecule has 1 aliphatic heterocycles. The van der Waals surface area contributed by atoms with Gasteiger partial charge in [0.2, 0.25) is 10.0 Å². The highest BCUT2D eigenvalue weighted by Crippen LogP contribution is 2.36. The quantitative estimate of drug-likeness (QED) is 0.296. The van der Waals surface area contributed by atoms with Crippen LogP contribution in [0.25, 0.3) is 0 Å². The van der Waals surface area contributed by atoms with Crippen LogP contribution in [0.1, 0.15) is 11.1 Å². The van der Waals surface area contributed by atoms with Crippen LogP contribution in [0, 0.1) is 10.1 Å². The number of non-ortho nitro benzene ring substituents is 1. The molecule has 0 unspecified atom stereocenters. The van der Waals surface area contributed by atoms with Gasteiger partial charge in [0.25, 0.3) is 11.6 Å². The third kappa shape index (κ3) is 7.30. The van der Waals surface area contributed by atoms with E-state index in [1.807, 2.05) is 4.90 Å². The highest BCUT2D eigenvalue weighted by Gasteiger charge is 2.33. The number of rotatable bonds is 8. The van der Waals surface area contributed by atoms with Crippen molar-refractivity contribution in [2.24, 2.45) is 5.10 Å². The minimum atomic E-state index is -4.77. The molecule has 1 amide bonds. The molecule has 3 rings (SSSR count). The van der Waals surface area contributed by atoms with E-state index in [1.54, 1.807) is 0 Å². The van der Waals surface area contributed by atoms with E-state index in [0.717, 1.165) is 12.3 Å². The van der Waals surface area contributed by atoms with Gasteiger partial charge in [0.05, 0.1) is 46.9 Å². The predicted molar refractivity (Wildman–Crippen MR) is 131 cm³/mol. The van der Waals surface area contributed by atoms with Crippen molar-refractivity contribution in [3.05, 3.63) is 62.7 Å². The van der Waals surface area contributed by atoms with Crippen molar-refractivity contribution < 1.29 is 36.0 Å². The lowest BCUT2D eigenvalue weighted by Crippen LogP contribution is -2.39. The highest BCUT2D eigenvalue weighted by atomic mass is 35.5. The molecular formula is C21H21ClF3N5O6S. The molecule has 0 bridgehead atoms. The fourth-order valence-electron chi connectivity index (χ4n) is 3.45. The van der Waals surface area contributed by atoms with Gasteiger partial charge in [-0.1, -0.05) is 11.6 Å². The van der Waals surface area contributed by atoms with Crippen LogP contribution in [0.4, 0.5) is 30.2 Å². The summed E-state index contributed by atoms with van der Waals surface area (Å²) in [6.07, 6.45) is -2.92. The largest absolute Gasteiger partial charge is 0.416 e. The molecule has 0 atom stereocenters. The number of nitro benzene ring substituents is 1. The summed E-state index contributed by atoms with van der Waals surface area (Å²) in [6, 6.07) is 6.20. The Morgan fingerprint density at radius 3 is 2.54 bits per heavy atom. The first-order valence-corrected chi connectivity index (χ1v) is 12.8. The second-order valence-electron chi connectivity index (χ2n) is 7.83. The van der Waals surface area contributed by atoms with E-state index in [9.17, 15) is 36.5 Å². The average Bonchev–Trinajstić information content (AvgIpc) is 2.82. The molecule has 1 N–H and O–H groups in total. The molecule has 0 aliphatic carbocycles. The van der Waals surface area contributed by atoms with Crippen LogP contribution >= 0.6 is 11.6 Å². The van der Waals surface area contributed by atoms with Crippen molar-refractivity contribution in [2.75, 3.05) is 48.3 Å². The van der Waals surface area contributed by atoms with Crippen LogP contribution in [0.3, 0.4) is 0 Å². The minimum Gasteiger partial charge on any atom is -0.378 e. The zero-order valence-electron chi connectivity index (χ0n) is 19.2. The van der Waals surface area contributed by atoms with Gasteiger partial charge >= 0.3 is 6.18 Å². The number of anilines is 2. The van der Waals surface area contributed by atoms with Gasteiger partial charge in [-0.25, -0.2) is 13.8 Å². The topological polar surface area (TPSA) is 134 Å². The predicted octanol–water partition coefficient (Wildman–Crippen LogP) is 3.02. The van der Waals surface area contributed by atoms with E-state index < -0.39 is 44.8 Å². The number of hydrazone groups is 1. The molecule has 200 valence electrons. The molecule has 0 aromatic heterocycles. The monoisotopic (exact) mass is 563 g/mol. The Labute approximate surface area is 214 Å². The van der Waals surface area contributed by atoms with Gasteiger partial charge in [0, 0.05) is 36.5 Å². The van der Waals surface area contributed by atoms with Gasteiger partial charge in [0.1, 0.15) is 6.54 Å². The maximum atomic E-state index is 13.1. The van der Waals surface area contributed by atoms with Crippen molar-refractivity contribution in [1.82, 2.24) is 5.43 Å². The molecule has 1 saturated heterocycles. The SMILES string of the molecule is CS(=O)(=O)N(CC(=O)N/N=C\c1cc([N+](=O)[O-])ccc1N1CCOCC1)c1cc(C(F)(F)F)ccc1Cl. The number of nitrogens with zero attached hydrogens (tertiary/aromatic N) is 4. The van der Waals surface area contributed by atoms with Gasteiger partial charge < -0.3 is 9.64 Å². The van der Waals surface area contributed by atoms with Crippen molar-refractivity contribution >= 4 is 50.8 Å². The van der Waals surface area contributed by atoms with E-state index in [2.05, 4.69) is 10.5 Å². The van der Waals surface area contributed by atoms with E-state index in [-0.39, 0.29) is 10.7 Å². The van der Waals surface area contributed by atoms with E-state index in [0.29, 0.717) is 60.2 Å². The van der Waals surface area contributed by atoms with Crippen LogP contribution in [0.2, 0.25) is 5.02 Å². The number of hydrogen-bond donors (Lipinski definition) is 1. The fourth-order valence-corrected chi connectivity index (χ4v) is 4.58.